The van der Waals surface area contributed by atoms with Gasteiger partial charge in [-0.2, -0.15) is 0 Å². The fourth-order valence-corrected chi connectivity index (χ4v) is 5.81. The molecule has 10 heteroatoms. The van der Waals surface area contributed by atoms with Crippen LogP contribution in [0.5, 0.6) is 11.6 Å². The Labute approximate surface area is 230 Å². The van der Waals surface area contributed by atoms with Crippen LogP contribution in [0.25, 0.3) is 11.2 Å². The van der Waals surface area contributed by atoms with E-state index in [1.807, 2.05) is 22.8 Å². The maximum atomic E-state index is 13.3. The van der Waals surface area contributed by atoms with Crippen molar-refractivity contribution in [3.05, 3.63) is 47.3 Å². The summed E-state index contributed by atoms with van der Waals surface area (Å²) in [7, 11) is -1.21. The summed E-state index contributed by atoms with van der Waals surface area (Å²) < 4.78 is 13.9. The lowest BCUT2D eigenvalue weighted by molar-refractivity contribution is -0.119. The Morgan fingerprint density at radius 3 is 2.72 bits per heavy atom. The number of rotatable bonds is 11. The van der Waals surface area contributed by atoms with Gasteiger partial charge >= 0.3 is 0 Å². The molecule has 2 aromatic heterocycles. The largest absolute Gasteiger partial charge is 0.437 e. The summed E-state index contributed by atoms with van der Waals surface area (Å²) in [4.78, 5) is 34.3. The number of nitrogens with one attached hydrogen (secondary N) is 2. The van der Waals surface area contributed by atoms with Crippen LogP contribution >= 0.6 is 0 Å². The molecule has 9 nitrogen and oxygen atoms in total. The molecular formula is C29H39N5O4Si. The van der Waals surface area contributed by atoms with Gasteiger partial charge in [-0.05, 0) is 67.8 Å². The second kappa shape index (κ2) is 11.1. The molecule has 2 atom stereocenters. The van der Waals surface area contributed by atoms with Crippen LogP contribution in [-0.4, -0.2) is 47.1 Å². The standard InChI is InChI=1S/C29H39N5O4Si/c1-18(20-6-7-20)31-29(36)24-16-34(17-37-12-13-39(3,4)5)28-27(24)33-26(15-30-28)38-22-10-8-21-9-11-25(23(21)14-22)32-19(2)35/h8,10,14-16,18,20,25H,6-7,9,11-13,17H2,1-5H3,(H,31,36)(H,32,35)/t18-,25+/m0/s1. The molecule has 0 radical (unpaired) electrons. The molecule has 0 saturated heterocycles. The van der Waals surface area contributed by atoms with E-state index in [-0.39, 0.29) is 23.9 Å². The van der Waals surface area contributed by atoms with Gasteiger partial charge < -0.3 is 24.7 Å². The zero-order chi connectivity index (χ0) is 27.7. The van der Waals surface area contributed by atoms with E-state index in [0.29, 0.717) is 47.6 Å². The second-order valence-electron chi connectivity index (χ2n) is 12.1. The molecule has 39 heavy (non-hydrogen) atoms. The summed E-state index contributed by atoms with van der Waals surface area (Å²) in [6.45, 7) is 11.5. The molecular weight excluding hydrogens is 510 g/mol. The quantitative estimate of drug-likeness (QED) is 0.252. The van der Waals surface area contributed by atoms with E-state index in [2.05, 4.69) is 42.2 Å². The summed E-state index contributed by atoms with van der Waals surface area (Å²) in [5, 5.41) is 6.15. The van der Waals surface area contributed by atoms with Gasteiger partial charge in [0.2, 0.25) is 11.8 Å². The molecule has 2 amide bonds. The molecule has 0 spiro atoms. The summed E-state index contributed by atoms with van der Waals surface area (Å²) in [6, 6.07) is 7.05. The van der Waals surface area contributed by atoms with Gasteiger partial charge in [0.1, 0.15) is 18.0 Å². The third kappa shape index (κ3) is 6.67. The van der Waals surface area contributed by atoms with Gasteiger partial charge in [-0.25, -0.2) is 9.97 Å². The van der Waals surface area contributed by atoms with Crippen molar-refractivity contribution in [1.29, 1.82) is 0 Å². The molecule has 2 heterocycles. The number of hydrogen-bond donors (Lipinski definition) is 2. The third-order valence-electron chi connectivity index (χ3n) is 7.50. The molecule has 1 aromatic carbocycles. The van der Waals surface area contributed by atoms with Crippen LogP contribution in [0.1, 0.15) is 60.6 Å². The van der Waals surface area contributed by atoms with E-state index in [1.165, 1.54) is 12.5 Å². The highest BCUT2D eigenvalue weighted by Crippen LogP contribution is 2.35. The lowest BCUT2D eigenvalue weighted by atomic mass is 10.1. The predicted molar refractivity (Wildman–Crippen MR) is 153 cm³/mol. The number of carbonyl (C=O) groups is 2. The van der Waals surface area contributed by atoms with Gasteiger partial charge in [0.05, 0.1) is 17.8 Å². The average Bonchev–Trinajstić information content (AvgIpc) is 3.57. The number of carbonyl (C=O) groups excluding carboxylic acids is 2. The Morgan fingerprint density at radius 2 is 2.00 bits per heavy atom. The Morgan fingerprint density at radius 1 is 1.21 bits per heavy atom. The maximum absolute atomic E-state index is 13.3. The van der Waals surface area contributed by atoms with Crippen LogP contribution in [0.2, 0.25) is 25.7 Å². The van der Waals surface area contributed by atoms with Crippen molar-refractivity contribution in [1.82, 2.24) is 25.2 Å². The molecule has 2 aliphatic carbocycles. The maximum Gasteiger partial charge on any atom is 0.255 e. The highest BCUT2D eigenvalue weighted by molar-refractivity contribution is 6.76. The lowest BCUT2D eigenvalue weighted by Crippen LogP contribution is -2.33. The first kappa shape index (κ1) is 27.3. The SMILES string of the molecule is CC(=O)N[C@@H]1CCc2ccc(Oc3cnc4c(n3)c(C(=O)N[C@@H](C)C3CC3)cn4COCC[Si](C)(C)C)cc21. The second-order valence-corrected chi connectivity index (χ2v) is 17.7. The average molecular weight is 550 g/mol. The van der Waals surface area contributed by atoms with Crippen molar-refractivity contribution in [3.63, 3.8) is 0 Å². The van der Waals surface area contributed by atoms with E-state index >= 15 is 0 Å². The first-order chi connectivity index (χ1) is 18.6. The van der Waals surface area contributed by atoms with Crippen LogP contribution in [0.15, 0.2) is 30.6 Å². The first-order valence-electron chi connectivity index (χ1n) is 13.9. The number of amides is 2. The van der Waals surface area contributed by atoms with Crippen molar-refractivity contribution < 1.29 is 19.1 Å². The van der Waals surface area contributed by atoms with E-state index < -0.39 is 8.07 Å². The number of aryl methyl sites for hydroxylation is 1. The molecule has 2 aliphatic rings. The van der Waals surface area contributed by atoms with Crippen molar-refractivity contribution in [2.45, 2.75) is 84.0 Å². The van der Waals surface area contributed by atoms with Crippen molar-refractivity contribution in [3.8, 4) is 11.6 Å². The molecule has 5 rings (SSSR count). The summed E-state index contributed by atoms with van der Waals surface area (Å²) in [6.07, 6.45) is 7.44. The van der Waals surface area contributed by atoms with E-state index in [1.54, 1.807) is 12.4 Å². The number of benzene rings is 1. The highest BCUT2D eigenvalue weighted by Gasteiger charge is 2.30. The molecule has 3 aromatic rings. The monoisotopic (exact) mass is 549 g/mol. The molecule has 0 aliphatic heterocycles. The summed E-state index contributed by atoms with van der Waals surface area (Å²) in [5.41, 5.74) is 3.80. The molecule has 2 N–H and O–H groups in total. The summed E-state index contributed by atoms with van der Waals surface area (Å²) >= 11 is 0. The topological polar surface area (TPSA) is 107 Å². The van der Waals surface area contributed by atoms with Crippen LogP contribution < -0.4 is 15.4 Å². The summed E-state index contributed by atoms with van der Waals surface area (Å²) in [5.74, 6) is 1.24. The van der Waals surface area contributed by atoms with Gasteiger partial charge in [0.25, 0.3) is 5.91 Å². The molecule has 1 saturated carbocycles. The minimum absolute atomic E-state index is 0.0200. The number of aromatic nitrogens is 3. The third-order valence-corrected chi connectivity index (χ3v) is 9.20. The predicted octanol–water partition coefficient (Wildman–Crippen LogP) is 5.19. The molecule has 0 unspecified atom stereocenters. The Balaban J connectivity index is 1.39. The smallest absolute Gasteiger partial charge is 0.255 e. The van der Waals surface area contributed by atoms with Crippen molar-refractivity contribution >= 4 is 31.1 Å². The number of ether oxygens (including phenoxy) is 2. The Bertz CT molecular complexity index is 1380. The van der Waals surface area contributed by atoms with Crippen LogP contribution in [0, 0.1) is 5.92 Å². The first-order valence-corrected chi connectivity index (χ1v) is 17.6. The van der Waals surface area contributed by atoms with E-state index in [0.717, 1.165) is 37.3 Å². The van der Waals surface area contributed by atoms with Crippen LogP contribution in [-0.2, 0) is 22.7 Å². The zero-order valence-electron chi connectivity index (χ0n) is 23.5. The fourth-order valence-electron chi connectivity index (χ4n) is 5.05. The Kier molecular flexibility index (Phi) is 7.77. The molecule has 1 fully saturated rings. The van der Waals surface area contributed by atoms with E-state index in [9.17, 15) is 9.59 Å². The zero-order valence-corrected chi connectivity index (χ0v) is 24.5. The van der Waals surface area contributed by atoms with Crippen LogP contribution in [0.3, 0.4) is 0 Å². The van der Waals surface area contributed by atoms with Gasteiger partial charge in [-0.3, -0.25) is 9.59 Å². The fraction of sp³-hybridized carbons (Fsp3) is 0.517. The number of nitrogens with zero attached hydrogens (tertiary/aromatic N) is 3. The van der Waals surface area contributed by atoms with Crippen molar-refractivity contribution in [2.24, 2.45) is 5.92 Å². The lowest BCUT2D eigenvalue weighted by Gasteiger charge is -2.15. The minimum Gasteiger partial charge on any atom is -0.437 e. The van der Waals surface area contributed by atoms with Crippen LogP contribution in [0.4, 0.5) is 0 Å². The number of fused-ring (bicyclic) bond motifs is 2. The van der Waals surface area contributed by atoms with Crippen molar-refractivity contribution in [2.75, 3.05) is 6.61 Å². The minimum atomic E-state index is -1.21. The molecule has 0 bridgehead atoms. The van der Waals surface area contributed by atoms with Gasteiger partial charge in [0.15, 0.2) is 5.65 Å². The highest BCUT2D eigenvalue weighted by atomic mass is 28.3. The molecule has 208 valence electrons. The van der Waals surface area contributed by atoms with E-state index in [4.69, 9.17) is 14.5 Å². The Hall–Kier alpha value is -3.24. The number of hydrogen-bond acceptors (Lipinski definition) is 6. The van der Waals surface area contributed by atoms with Gasteiger partial charge in [-0.1, -0.05) is 25.7 Å². The van der Waals surface area contributed by atoms with Gasteiger partial charge in [0, 0.05) is 33.8 Å². The normalized spacial score (nSPS) is 17.6. The van der Waals surface area contributed by atoms with Gasteiger partial charge in [-0.15, -0.1) is 0 Å².